The molecule has 248 valence electrons. The fourth-order valence-corrected chi connectivity index (χ4v) is 8.98. The number of hydrogen-bond acceptors (Lipinski definition) is 10. The summed E-state index contributed by atoms with van der Waals surface area (Å²) in [6.45, 7) is 2.00. The Bertz CT molecular complexity index is 1200. The van der Waals surface area contributed by atoms with Gasteiger partial charge in [0.1, 0.15) is 0 Å². The first-order valence-electron chi connectivity index (χ1n) is 15.9. The monoisotopic (exact) mass is 688 g/mol. The van der Waals surface area contributed by atoms with Crippen LogP contribution in [0.2, 0.25) is 0 Å². The van der Waals surface area contributed by atoms with E-state index >= 15 is 0 Å². The van der Waals surface area contributed by atoms with E-state index in [-0.39, 0.29) is 37.1 Å². The van der Waals surface area contributed by atoms with Crippen LogP contribution < -0.4 is 41.0 Å². The zero-order valence-electron chi connectivity index (χ0n) is 28.5. The third-order valence-electron chi connectivity index (χ3n) is 9.32. The maximum Gasteiger partial charge on any atom is 1.00 e. The molecule has 0 saturated carbocycles. The summed E-state index contributed by atoms with van der Waals surface area (Å²) in [5.41, 5.74) is 12.7. The Morgan fingerprint density at radius 3 is 1.60 bits per heavy atom. The molecule has 0 aliphatic carbocycles. The third-order valence-corrected chi connectivity index (χ3v) is 11.5. The molecular weight excluding hydrogens is 636 g/mol. The van der Waals surface area contributed by atoms with Crippen LogP contribution in [0.5, 0.6) is 0 Å². The summed E-state index contributed by atoms with van der Waals surface area (Å²) < 4.78 is 32.0. The van der Waals surface area contributed by atoms with Gasteiger partial charge in [0.05, 0.1) is 12.4 Å². The Morgan fingerprint density at radius 1 is 0.800 bits per heavy atom. The molecule has 8 nitrogen and oxygen atoms in total. The quantitative estimate of drug-likeness (QED) is 0.193. The second-order valence-corrected chi connectivity index (χ2v) is 16.2. The number of rotatable bonds is 4. The molecule has 12 heteroatoms. The number of fused-ring (bicyclic) bond motifs is 4. The Labute approximate surface area is 305 Å². The van der Waals surface area contributed by atoms with Gasteiger partial charge in [0.25, 0.3) is 10.1 Å². The van der Waals surface area contributed by atoms with E-state index in [2.05, 4.69) is 48.7 Å². The summed E-state index contributed by atoms with van der Waals surface area (Å²) in [6.07, 6.45) is 13.2. The topological polar surface area (TPSA) is 111 Å². The summed E-state index contributed by atoms with van der Waals surface area (Å²) in [7, 11) is 1.14. The van der Waals surface area contributed by atoms with Crippen LogP contribution >= 0.6 is 24.4 Å². The van der Waals surface area contributed by atoms with Crippen molar-refractivity contribution in [2.24, 2.45) is 0 Å². The smallest absolute Gasteiger partial charge is 1.00 e. The molecular formula is C33H53N4NaO4S3. The van der Waals surface area contributed by atoms with E-state index < -0.39 is 10.1 Å². The molecule has 0 aromatic heterocycles. The van der Waals surface area contributed by atoms with Gasteiger partial charge in [0.15, 0.2) is 0 Å². The molecule has 2 aromatic rings. The van der Waals surface area contributed by atoms with Gasteiger partial charge < -0.3 is 27.4 Å². The average Bonchev–Trinajstić information content (AvgIpc) is 3.66. The van der Waals surface area contributed by atoms with E-state index in [4.69, 9.17) is 20.4 Å². The molecule has 45 heavy (non-hydrogen) atoms. The van der Waals surface area contributed by atoms with Crippen molar-refractivity contribution in [1.82, 2.24) is 9.80 Å². The molecule has 5 fully saturated rings. The van der Waals surface area contributed by atoms with Crippen molar-refractivity contribution in [1.29, 1.82) is 0 Å². The van der Waals surface area contributed by atoms with Gasteiger partial charge in [-0.2, -0.15) is 8.42 Å². The number of piperidine rings is 2. The van der Waals surface area contributed by atoms with Crippen LogP contribution in [0.25, 0.3) is 0 Å². The van der Waals surface area contributed by atoms with Crippen molar-refractivity contribution in [3.8, 4) is 0 Å². The van der Waals surface area contributed by atoms with Gasteiger partial charge in [0.2, 0.25) is 0 Å². The van der Waals surface area contributed by atoms with Crippen LogP contribution in [-0.4, -0.2) is 87.3 Å². The van der Waals surface area contributed by atoms with Crippen molar-refractivity contribution in [2.75, 3.05) is 45.0 Å². The van der Waals surface area contributed by atoms with Crippen LogP contribution in [0, 0.1) is 0 Å². The molecule has 2 unspecified atom stereocenters. The molecule has 0 amide bonds. The fourth-order valence-electron chi connectivity index (χ4n) is 6.87. The van der Waals surface area contributed by atoms with Crippen molar-refractivity contribution < 1.29 is 48.3 Å². The molecule has 5 aliphatic heterocycles. The first kappa shape index (κ1) is 39.0. The number of ether oxygens (including phenoxy) is 1. The summed E-state index contributed by atoms with van der Waals surface area (Å²) in [6, 6.07) is 18.4. The number of hydrogen-bond donors (Lipinski definition) is 3. The molecule has 0 spiro atoms. The van der Waals surface area contributed by atoms with E-state index in [0.29, 0.717) is 12.1 Å². The molecule has 6 atom stereocenters. The zero-order chi connectivity index (χ0) is 31.7. The summed E-state index contributed by atoms with van der Waals surface area (Å²) >= 11 is 6.12. The van der Waals surface area contributed by atoms with E-state index in [0.717, 1.165) is 65.9 Å². The van der Waals surface area contributed by atoms with E-state index in [1.54, 1.807) is 0 Å². The minimum Gasteiger partial charge on any atom is -1.00 e. The minimum atomic E-state index is -3.28. The first-order chi connectivity index (χ1) is 21.0. The Morgan fingerprint density at radius 2 is 1.22 bits per heavy atom. The number of benzene rings is 2. The Balaban J connectivity index is 0.000000228. The van der Waals surface area contributed by atoms with Gasteiger partial charge >= 0.3 is 29.6 Å². The minimum absolute atomic E-state index is 0. The maximum absolute atomic E-state index is 11.0. The molecule has 0 radical (unpaired) electrons. The summed E-state index contributed by atoms with van der Waals surface area (Å²) in [4.78, 5) is 7.27. The molecule has 5 aliphatic rings. The standard InChI is InChI=1S/C14H20N2S.C9H17NO3S.C6H7NS.C4H8O.Na.H/c1-16-11-4-5-12(16)9-14(8-11)17-13-6-2-10(15)3-7-13;1-10-7-3-4-8(10)6-9(5-7)13-14(2,11)12;7-5-1-3-6(8)4-2-5;1-2-4-5-3-1;;/h2-3,6-7,11-12,14H,4-5,8-9,15H2,1H3;7-9H,3-6H2,1-2H3;1-4,8H,7H2;1-4H2;;/q;;;;+1;-1/t11-,12+,14?;7-,8+,9?;;;;. The second-order valence-electron chi connectivity index (χ2n) is 12.7. The van der Waals surface area contributed by atoms with Crippen LogP contribution in [0.1, 0.15) is 65.6 Å². The van der Waals surface area contributed by atoms with Gasteiger partial charge in [-0.15, -0.1) is 24.4 Å². The predicted molar refractivity (Wildman–Crippen MR) is 187 cm³/mol. The Hall–Kier alpha value is -0.470. The van der Waals surface area contributed by atoms with Gasteiger partial charge in [-0.1, -0.05) is 0 Å². The third kappa shape index (κ3) is 13.2. The number of anilines is 2. The van der Waals surface area contributed by atoms with Gasteiger partial charge in [-0.25, -0.2) is 0 Å². The van der Waals surface area contributed by atoms with E-state index in [1.165, 1.54) is 56.3 Å². The van der Waals surface area contributed by atoms with Crippen LogP contribution in [-0.2, 0) is 19.0 Å². The Kier molecular flexibility index (Phi) is 16.4. The van der Waals surface area contributed by atoms with Crippen molar-refractivity contribution in [3.05, 3.63) is 48.5 Å². The predicted octanol–water partition coefficient (Wildman–Crippen LogP) is 3.04. The van der Waals surface area contributed by atoms with E-state index in [1.807, 2.05) is 48.2 Å². The van der Waals surface area contributed by atoms with E-state index in [9.17, 15) is 8.42 Å². The SMILES string of the molecule is C1CCOC1.CN1[C@@H]2CC[C@H]1CC(OS(C)(=O)=O)C2.CN1[C@@H]2CC[C@H]1CC(Sc1ccc(N)cc1)C2.Nc1ccc(S)cc1.[H-].[Na+]. The number of nitrogens with zero attached hydrogens (tertiary/aromatic N) is 2. The zero-order valence-corrected chi connectivity index (χ0v) is 32.0. The van der Waals surface area contributed by atoms with Crippen LogP contribution in [0.15, 0.2) is 58.3 Å². The van der Waals surface area contributed by atoms with Crippen molar-refractivity contribution >= 4 is 45.9 Å². The van der Waals surface area contributed by atoms with Crippen molar-refractivity contribution in [3.63, 3.8) is 0 Å². The molecule has 2 aromatic carbocycles. The normalized spacial score (nSPS) is 28.8. The average molecular weight is 689 g/mol. The largest absolute Gasteiger partial charge is 1.00 e. The second kappa shape index (κ2) is 18.9. The number of nitrogen functional groups attached to an aromatic ring is 2. The summed E-state index contributed by atoms with van der Waals surface area (Å²) in [5.74, 6) is 0. The van der Waals surface area contributed by atoms with Crippen molar-refractivity contribution in [2.45, 2.75) is 110 Å². The molecule has 7 rings (SSSR count). The first-order valence-corrected chi connectivity index (χ1v) is 19.1. The molecule has 4 N–H and O–H groups in total. The van der Waals surface area contributed by atoms with Crippen LogP contribution in [0.3, 0.4) is 0 Å². The molecule has 5 heterocycles. The molecule has 5 saturated heterocycles. The molecule has 4 bridgehead atoms. The van der Waals surface area contributed by atoms with Crippen LogP contribution in [0.4, 0.5) is 11.4 Å². The fraction of sp³-hybridized carbons (Fsp3) is 0.636. The summed E-state index contributed by atoms with van der Waals surface area (Å²) in [5, 5.41) is 0.798. The number of thioether (sulfide) groups is 1. The van der Waals surface area contributed by atoms with Gasteiger partial charge in [0, 0.05) is 63.8 Å². The van der Waals surface area contributed by atoms with Gasteiger partial charge in [-0.05, 0) is 127 Å². The maximum atomic E-state index is 11.0. The number of thiol groups is 1. The number of nitrogens with two attached hydrogens (primary N) is 2. The van der Waals surface area contributed by atoms with Gasteiger partial charge in [-0.3, -0.25) is 4.18 Å².